The summed E-state index contributed by atoms with van der Waals surface area (Å²) in [6.07, 6.45) is 3.13. The average molecular weight is 510 g/mol. The van der Waals surface area contributed by atoms with E-state index in [0.29, 0.717) is 32.7 Å². The van der Waals surface area contributed by atoms with Crippen molar-refractivity contribution in [2.45, 2.75) is 56.8 Å². The summed E-state index contributed by atoms with van der Waals surface area (Å²) in [6, 6.07) is 1.78. The number of ether oxygens (including phenoxy) is 1. The molecule has 2 saturated heterocycles. The normalized spacial score (nSPS) is 22.4. The molecule has 0 spiro atoms. The third-order valence-corrected chi connectivity index (χ3v) is 7.57. The summed E-state index contributed by atoms with van der Waals surface area (Å²) < 4.78 is 20.9. The Bertz CT molecular complexity index is 1090. The number of fused-ring (bicyclic) bond motifs is 2. The molecule has 3 fully saturated rings. The highest BCUT2D eigenvalue weighted by Crippen LogP contribution is 2.45. The molecule has 31 heavy (non-hydrogen) atoms. The fraction of sp³-hybridized carbons (Fsp3) is 0.500. The topological polar surface area (TPSA) is 71.5 Å². The predicted molar refractivity (Wildman–Crippen MR) is 124 cm³/mol. The molecule has 5 rings (SSSR count). The monoisotopic (exact) mass is 509 g/mol. The van der Waals surface area contributed by atoms with Gasteiger partial charge >= 0.3 is 6.09 Å². The number of halogens is 2. The summed E-state index contributed by atoms with van der Waals surface area (Å²) in [5, 5.41) is 4.51. The first kappa shape index (κ1) is 22.3. The van der Waals surface area contributed by atoms with Crippen LogP contribution in [0.2, 0.25) is 0 Å². The molecule has 1 aromatic carbocycles. The number of benzene rings is 1. The van der Waals surface area contributed by atoms with Gasteiger partial charge in [0.05, 0.1) is 27.8 Å². The molecule has 3 heterocycles. The lowest BCUT2D eigenvalue weighted by atomic mass is 9.79. The number of aldehydes is 1. The molecule has 2 aromatic rings. The SMILES string of the molecule is CSc1nc2c(F)c(Br)c(C)cc2c(N[C@H]2[C@@H]3C[C@H]2N(C(=O)OC(C)(C)C)C3)c1C=O. The number of nitrogens with zero attached hydrogens (tertiary/aromatic N) is 2. The third kappa shape index (κ3) is 3.80. The zero-order valence-corrected chi connectivity index (χ0v) is 20.5. The Morgan fingerprint density at radius 1 is 1.45 bits per heavy atom. The molecule has 2 aliphatic heterocycles. The molecule has 1 amide bonds. The van der Waals surface area contributed by atoms with Gasteiger partial charge in [-0.15, -0.1) is 11.8 Å². The van der Waals surface area contributed by atoms with Crippen LogP contribution in [0, 0.1) is 18.7 Å². The number of thioether (sulfide) groups is 1. The van der Waals surface area contributed by atoms with Crippen LogP contribution in [-0.2, 0) is 4.74 Å². The number of anilines is 1. The van der Waals surface area contributed by atoms with Crippen molar-refractivity contribution in [2.75, 3.05) is 18.1 Å². The van der Waals surface area contributed by atoms with E-state index in [4.69, 9.17) is 4.74 Å². The van der Waals surface area contributed by atoms with Gasteiger partial charge in [-0.3, -0.25) is 4.79 Å². The molecule has 1 saturated carbocycles. The maximum Gasteiger partial charge on any atom is 0.410 e. The van der Waals surface area contributed by atoms with Crippen molar-refractivity contribution in [1.82, 2.24) is 9.88 Å². The van der Waals surface area contributed by atoms with Gasteiger partial charge in [0.15, 0.2) is 12.1 Å². The first-order valence-corrected chi connectivity index (χ1v) is 12.1. The van der Waals surface area contributed by atoms with Crippen molar-refractivity contribution in [2.24, 2.45) is 5.92 Å². The average Bonchev–Trinajstić information content (AvgIpc) is 3.28. The van der Waals surface area contributed by atoms with Crippen LogP contribution < -0.4 is 5.32 Å². The number of aromatic nitrogens is 1. The Morgan fingerprint density at radius 3 is 2.77 bits per heavy atom. The van der Waals surface area contributed by atoms with Crippen LogP contribution in [0.25, 0.3) is 10.9 Å². The van der Waals surface area contributed by atoms with E-state index in [1.54, 1.807) is 11.8 Å². The number of carbonyl (C=O) groups excluding carboxylic acids is 2. The van der Waals surface area contributed by atoms with Gasteiger partial charge in [-0.2, -0.15) is 0 Å². The van der Waals surface area contributed by atoms with Gasteiger partial charge < -0.3 is 15.0 Å². The number of pyridine rings is 1. The number of nitrogens with one attached hydrogen (secondary N) is 1. The molecule has 1 aliphatic carbocycles. The molecule has 1 N–H and O–H groups in total. The molecule has 3 atom stereocenters. The lowest BCUT2D eigenvalue weighted by Gasteiger charge is -2.38. The molecular weight excluding hydrogens is 485 g/mol. The second-order valence-electron chi connectivity index (χ2n) is 9.11. The van der Waals surface area contributed by atoms with Crippen LogP contribution in [0.15, 0.2) is 15.6 Å². The van der Waals surface area contributed by atoms with Gasteiger partial charge in [0.2, 0.25) is 0 Å². The van der Waals surface area contributed by atoms with E-state index >= 15 is 4.39 Å². The second kappa shape index (κ2) is 7.92. The van der Waals surface area contributed by atoms with Gasteiger partial charge in [-0.1, -0.05) is 0 Å². The highest BCUT2D eigenvalue weighted by molar-refractivity contribution is 9.10. The molecule has 166 valence electrons. The Hall–Kier alpha value is -1.87. The summed E-state index contributed by atoms with van der Waals surface area (Å²) in [5.74, 6) is -0.197. The van der Waals surface area contributed by atoms with Crippen LogP contribution in [-0.4, -0.2) is 52.7 Å². The molecule has 1 aromatic heterocycles. The van der Waals surface area contributed by atoms with Crippen molar-refractivity contribution >= 4 is 56.7 Å². The molecule has 9 heteroatoms. The minimum absolute atomic E-state index is 0.0262. The minimum atomic E-state index is -0.561. The van der Waals surface area contributed by atoms with Crippen molar-refractivity contribution in [3.8, 4) is 0 Å². The van der Waals surface area contributed by atoms with Crippen LogP contribution in [0.1, 0.15) is 43.1 Å². The smallest absolute Gasteiger partial charge is 0.410 e. The van der Waals surface area contributed by atoms with Crippen LogP contribution in [0.3, 0.4) is 0 Å². The molecule has 3 aliphatic rings. The van der Waals surface area contributed by atoms with Gasteiger partial charge in [-0.25, -0.2) is 14.2 Å². The van der Waals surface area contributed by atoms with Crippen molar-refractivity contribution in [3.05, 3.63) is 27.5 Å². The Morgan fingerprint density at radius 2 is 2.16 bits per heavy atom. The number of hydrogen-bond donors (Lipinski definition) is 1. The summed E-state index contributed by atoms with van der Waals surface area (Å²) in [4.78, 5) is 30.8. The minimum Gasteiger partial charge on any atom is -0.444 e. The second-order valence-corrected chi connectivity index (χ2v) is 10.7. The Labute approximate surface area is 193 Å². The van der Waals surface area contributed by atoms with E-state index in [2.05, 4.69) is 26.2 Å². The first-order chi connectivity index (χ1) is 14.6. The molecule has 6 nitrogen and oxygen atoms in total. The van der Waals surface area contributed by atoms with E-state index in [0.717, 1.165) is 18.3 Å². The zero-order chi connectivity index (χ0) is 22.7. The number of hydrogen-bond acceptors (Lipinski definition) is 6. The number of carbonyl (C=O) groups is 2. The fourth-order valence-electron chi connectivity index (χ4n) is 4.41. The van der Waals surface area contributed by atoms with Crippen molar-refractivity contribution in [3.63, 3.8) is 0 Å². The summed E-state index contributed by atoms with van der Waals surface area (Å²) in [5.41, 5.74) is 1.36. The summed E-state index contributed by atoms with van der Waals surface area (Å²) in [6.45, 7) is 7.94. The highest BCUT2D eigenvalue weighted by Gasteiger charge is 2.55. The fourth-order valence-corrected chi connectivity index (χ4v) is 5.26. The van der Waals surface area contributed by atoms with Gasteiger partial charge in [0, 0.05) is 17.8 Å². The van der Waals surface area contributed by atoms with E-state index in [9.17, 15) is 9.59 Å². The Balaban J connectivity index is 1.72. The number of rotatable bonds is 4. The maximum absolute atomic E-state index is 15.0. The highest BCUT2D eigenvalue weighted by atomic mass is 79.9. The van der Waals surface area contributed by atoms with Crippen LogP contribution in [0.5, 0.6) is 0 Å². The van der Waals surface area contributed by atoms with Crippen molar-refractivity contribution < 1.29 is 18.7 Å². The van der Waals surface area contributed by atoms with Gasteiger partial charge in [0.25, 0.3) is 0 Å². The van der Waals surface area contributed by atoms with Gasteiger partial charge in [0.1, 0.15) is 16.1 Å². The van der Waals surface area contributed by atoms with Crippen LogP contribution >= 0.6 is 27.7 Å². The molecule has 0 unspecified atom stereocenters. The summed E-state index contributed by atoms with van der Waals surface area (Å²) in [7, 11) is 0. The number of aryl methyl sites for hydroxylation is 1. The van der Waals surface area contributed by atoms with E-state index in [1.165, 1.54) is 11.8 Å². The summed E-state index contributed by atoms with van der Waals surface area (Å²) >= 11 is 4.59. The predicted octanol–water partition coefficient (Wildman–Crippen LogP) is 5.40. The maximum atomic E-state index is 15.0. The third-order valence-electron chi connectivity index (χ3n) is 5.89. The van der Waals surface area contributed by atoms with E-state index in [1.807, 2.05) is 33.1 Å². The molecule has 2 bridgehead atoms. The molecule has 0 radical (unpaired) electrons. The van der Waals surface area contributed by atoms with Gasteiger partial charge in [-0.05, 0) is 67.9 Å². The largest absolute Gasteiger partial charge is 0.444 e. The molecular formula is C22H25BrFN3O3S. The lowest BCUT2D eigenvalue weighted by Crippen LogP contribution is -2.50. The van der Waals surface area contributed by atoms with Crippen molar-refractivity contribution in [1.29, 1.82) is 0 Å². The zero-order valence-electron chi connectivity index (χ0n) is 18.1. The quantitative estimate of drug-likeness (QED) is 0.439. The Kier molecular flexibility index (Phi) is 5.70. The standard InChI is InChI=1S/C22H25BrFN3O3S/c1-10-6-12-18(13(9-28)20(31-5)26-19(12)16(24)15(10)23)25-17-11-7-14(17)27(8-11)21(29)30-22(2,3)4/h6,9,11,14,17H,7-8H2,1-5H3,(H,25,26)/t11-,14-,17+/m1/s1. The lowest BCUT2D eigenvalue weighted by molar-refractivity contribution is 0.0239. The number of amides is 1. The van der Waals surface area contributed by atoms with Crippen LogP contribution in [0.4, 0.5) is 14.9 Å². The van der Waals surface area contributed by atoms with E-state index in [-0.39, 0.29) is 29.6 Å². The van der Waals surface area contributed by atoms with E-state index < -0.39 is 11.4 Å². The first-order valence-electron chi connectivity index (χ1n) is 10.1.